The maximum absolute atomic E-state index is 10.2. The van der Waals surface area contributed by atoms with Crippen LogP contribution in [-0.2, 0) is 4.74 Å². The molecule has 1 rings (SSSR count). The zero-order valence-corrected chi connectivity index (χ0v) is 4.42. The molecule has 2 N–H and O–H groups in total. The summed E-state index contributed by atoms with van der Waals surface area (Å²) in [5.41, 5.74) is 5.73. The highest BCUT2D eigenvalue weighted by Crippen LogP contribution is 2.00. The van der Waals surface area contributed by atoms with E-state index in [4.69, 9.17) is 5.73 Å². The summed E-state index contributed by atoms with van der Waals surface area (Å²) in [7, 11) is 0. The number of hydrogen-bond donors (Lipinski definition) is 1. The van der Waals surface area contributed by atoms with Gasteiger partial charge in [0.2, 0.25) is 0 Å². The highest BCUT2D eigenvalue weighted by Gasteiger charge is 2.19. The van der Waals surface area contributed by atoms with Gasteiger partial charge in [0.25, 0.3) is 0 Å². The van der Waals surface area contributed by atoms with Gasteiger partial charge in [-0.15, -0.1) is 0 Å². The van der Waals surface area contributed by atoms with Crippen molar-refractivity contribution in [1.29, 1.82) is 0 Å². The van der Waals surface area contributed by atoms with E-state index in [1.54, 1.807) is 6.92 Å². The standard InChI is InChI=1S/C4H6N2O2/c1-2-3(5)8-4(7)6-2/h3H,5H2,1H3. The molecule has 0 aromatic carbocycles. The Morgan fingerprint density at radius 2 is 2.50 bits per heavy atom. The van der Waals surface area contributed by atoms with Crippen molar-refractivity contribution in [3.8, 4) is 0 Å². The third-order valence-corrected chi connectivity index (χ3v) is 0.907. The van der Waals surface area contributed by atoms with Gasteiger partial charge in [0, 0.05) is 0 Å². The molecule has 1 heterocycles. The van der Waals surface area contributed by atoms with Crippen LogP contribution in [0.4, 0.5) is 4.79 Å². The molecular formula is C4H6N2O2. The first-order chi connectivity index (χ1) is 3.70. The van der Waals surface area contributed by atoms with Crippen LogP contribution >= 0.6 is 0 Å². The first kappa shape index (κ1) is 5.24. The van der Waals surface area contributed by atoms with Gasteiger partial charge in [0.05, 0.1) is 5.71 Å². The van der Waals surface area contributed by atoms with Crippen LogP contribution in [0.5, 0.6) is 0 Å². The number of carbonyl (C=O) groups is 1. The lowest BCUT2D eigenvalue weighted by Crippen LogP contribution is -2.26. The number of amides is 1. The summed E-state index contributed by atoms with van der Waals surface area (Å²) in [6, 6.07) is 0. The van der Waals surface area contributed by atoms with Gasteiger partial charge >= 0.3 is 6.09 Å². The second kappa shape index (κ2) is 1.56. The van der Waals surface area contributed by atoms with Crippen molar-refractivity contribution in [2.24, 2.45) is 10.7 Å². The number of ether oxygens (including phenoxy) is 1. The summed E-state index contributed by atoms with van der Waals surface area (Å²) in [5, 5.41) is 0. The van der Waals surface area contributed by atoms with Gasteiger partial charge < -0.3 is 4.74 Å². The summed E-state index contributed by atoms with van der Waals surface area (Å²) in [6.07, 6.45) is -1.20. The Bertz CT molecular complexity index is 152. The molecule has 8 heavy (non-hydrogen) atoms. The fourth-order valence-electron chi connectivity index (χ4n) is 0.428. The van der Waals surface area contributed by atoms with Crippen LogP contribution in [0.25, 0.3) is 0 Å². The Morgan fingerprint density at radius 3 is 2.62 bits per heavy atom. The molecule has 0 bridgehead atoms. The van der Waals surface area contributed by atoms with E-state index in [1.807, 2.05) is 0 Å². The SMILES string of the molecule is CC1=NC(=O)OC1N. The monoisotopic (exact) mass is 114 g/mol. The maximum Gasteiger partial charge on any atom is 0.435 e. The van der Waals surface area contributed by atoms with Crippen molar-refractivity contribution < 1.29 is 9.53 Å². The van der Waals surface area contributed by atoms with E-state index >= 15 is 0 Å². The minimum atomic E-state index is -0.609. The number of nitrogens with two attached hydrogens (primary N) is 1. The second-order valence-corrected chi connectivity index (χ2v) is 1.56. The number of aliphatic imine (C=N–C) groups is 1. The van der Waals surface area contributed by atoms with Crippen LogP contribution in [0.15, 0.2) is 4.99 Å². The molecule has 1 aliphatic heterocycles. The molecule has 4 heteroatoms. The van der Waals surface area contributed by atoms with Gasteiger partial charge in [0.15, 0.2) is 6.23 Å². The van der Waals surface area contributed by atoms with E-state index in [9.17, 15) is 4.79 Å². The average molecular weight is 114 g/mol. The van der Waals surface area contributed by atoms with Crippen LogP contribution in [0.3, 0.4) is 0 Å². The molecule has 1 amide bonds. The maximum atomic E-state index is 10.2. The first-order valence-corrected chi connectivity index (χ1v) is 2.21. The van der Waals surface area contributed by atoms with E-state index in [0.29, 0.717) is 5.71 Å². The van der Waals surface area contributed by atoms with Crippen molar-refractivity contribution in [2.75, 3.05) is 0 Å². The van der Waals surface area contributed by atoms with Gasteiger partial charge in [-0.1, -0.05) is 0 Å². The van der Waals surface area contributed by atoms with E-state index in [-0.39, 0.29) is 0 Å². The number of nitrogens with zero attached hydrogens (tertiary/aromatic N) is 1. The van der Waals surface area contributed by atoms with Crippen molar-refractivity contribution in [1.82, 2.24) is 0 Å². The minimum absolute atomic E-state index is 0.537. The van der Waals surface area contributed by atoms with Gasteiger partial charge in [-0.2, -0.15) is 4.99 Å². The quantitative estimate of drug-likeness (QED) is 0.477. The van der Waals surface area contributed by atoms with Crippen molar-refractivity contribution >= 4 is 11.8 Å². The van der Waals surface area contributed by atoms with Crippen LogP contribution in [-0.4, -0.2) is 18.0 Å². The lowest BCUT2D eigenvalue weighted by atomic mass is 10.4. The third kappa shape index (κ3) is 0.696. The molecule has 0 aromatic rings. The Hall–Kier alpha value is -0.900. The van der Waals surface area contributed by atoms with E-state index in [1.165, 1.54) is 0 Å². The van der Waals surface area contributed by atoms with Crippen molar-refractivity contribution in [3.05, 3.63) is 0 Å². The highest BCUT2D eigenvalue weighted by molar-refractivity contribution is 5.99. The van der Waals surface area contributed by atoms with Crippen LogP contribution < -0.4 is 5.73 Å². The molecule has 1 atom stereocenters. The number of rotatable bonds is 0. The van der Waals surface area contributed by atoms with E-state index < -0.39 is 12.3 Å². The summed E-state index contributed by atoms with van der Waals surface area (Å²) in [6.45, 7) is 1.65. The molecule has 0 fully saturated rings. The van der Waals surface area contributed by atoms with Crippen LogP contribution in [0.1, 0.15) is 6.92 Å². The molecule has 44 valence electrons. The molecule has 0 spiro atoms. The molecule has 0 saturated carbocycles. The lowest BCUT2D eigenvalue weighted by Gasteiger charge is -1.97. The lowest BCUT2D eigenvalue weighted by molar-refractivity contribution is 0.151. The van der Waals surface area contributed by atoms with Gasteiger partial charge in [-0.25, -0.2) is 4.79 Å². The molecule has 0 aliphatic carbocycles. The minimum Gasteiger partial charge on any atom is -0.423 e. The zero-order valence-electron chi connectivity index (χ0n) is 4.42. The number of carbonyl (C=O) groups excluding carboxylic acids is 1. The highest BCUT2D eigenvalue weighted by atomic mass is 16.6. The predicted octanol–water partition coefficient (Wildman–Crippen LogP) is -0.118. The molecular weight excluding hydrogens is 108 g/mol. The summed E-state index contributed by atoms with van der Waals surface area (Å²) < 4.78 is 4.41. The second-order valence-electron chi connectivity index (χ2n) is 1.56. The molecule has 0 saturated heterocycles. The van der Waals surface area contributed by atoms with E-state index in [2.05, 4.69) is 9.73 Å². The van der Waals surface area contributed by atoms with Gasteiger partial charge in [-0.05, 0) is 6.92 Å². The summed E-state index contributed by atoms with van der Waals surface area (Å²) in [4.78, 5) is 13.6. The van der Waals surface area contributed by atoms with Gasteiger partial charge in [-0.3, -0.25) is 5.73 Å². The van der Waals surface area contributed by atoms with Crippen molar-refractivity contribution in [3.63, 3.8) is 0 Å². The fraction of sp³-hybridized carbons (Fsp3) is 0.500. The molecule has 1 aliphatic rings. The predicted molar refractivity (Wildman–Crippen MR) is 27.6 cm³/mol. The van der Waals surface area contributed by atoms with Crippen molar-refractivity contribution in [2.45, 2.75) is 13.2 Å². The molecule has 1 unspecified atom stereocenters. The van der Waals surface area contributed by atoms with Gasteiger partial charge in [0.1, 0.15) is 0 Å². The molecule has 0 radical (unpaired) electrons. The van der Waals surface area contributed by atoms with Crippen LogP contribution in [0.2, 0.25) is 0 Å². The topological polar surface area (TPSA) is 64.7 Å². The first-order valence-electron chi connectivity index (χ1n) is 2.21. The largest absolute Gasteiger partial charge is 0.435 e. The Kier molecular flexibility index (Phi) is 1.02. The summed E-state index contributed by atoms with van der Waals surface area (Å²) >= 11 is 0. The summed E-state index contributed by atoms with van der Waals surface area (Å²) in [5.74, 6) is 0. The molecule has 0 aromatic heterocycles. The third-order valence-electron chi connectivity index (χ3n) is 0.907. The Balaban J connectivity index is 2.73. The normalized spacial score (nSPS) is 27.5. The Labute approximate surface area is 46.3 Å². The number of hydrogen-bond acceptors (Lipinski definition) is 3. The van der Waals surface area contributed by atoms with E-state index in [0.717, 1.165) is 0 Å². The number of cyclic esters (lactones) is 1. The smallest absolute Gasteiger partial charge is 0.423 e. The average Bonchev–Trinajstić information content (AvgIpc) is 1.85. The Morgan fingerprint density at radius 1 is 1.88 bits per heavy atom. The van der Waals surface area contributed by atoms with Crippen LogP contribution in [0, 0.1) is 0 Å². The molecule has 4 nitrogen and oxygen atoms in total. The fourth-order valence-corrected chi connectivity index (χ4v) is 0.428. The zero-order chi connectivity index (χ0) is 6.15.